The van der Waals surface area contributed by atoms with Crippen molar-refractivity contribution in [3.05, 3.63) is 82.5 Å². The molecule has 1 aliphatic rings. The molecule has 2 unspecified atom stereocenters. The molecule has 0 bridgehead atoms. The lowest BCUT2D eigenvalue weighted by Crippen LogP contribution is -2.31. The molecule has 2 heterocycles. The van der Waals surface area contributed by atoms with Crippen molar-refractivity contribution in [1.82, 2.24) is 4.98 Å². The molecule has 5 rings (SSSR count). The number of nitriles is 1. The van der Waals surface area contributed by atoms with Gasteiger partial charge in [-0.2, -0.15) is 5.26 Å². The molecule has 5 heteroatoms. The Hall–Kier alpha value is -3.42. The molecule has 140 valence electrons. The third-order valence-electron chi connectivity index (χ3n) is 5.58. The van der Waals surface area contributed by atoms with E-state index >= 15 is 0 Å². The summed E-state index contributed by atoms with van der Waals surface area (Å²) in [4.78, 5) is 4.62. The molecule has 0 saturated carbocycles. The van der Waals surface area contributed by atoms with Gasteiger partial charge >= 0.3 is 0 Å². The number of rotatable bonds is 1. The van der Waals surface area contributed by atoms with Crippen molar-refractivity contribution in [3.63, 3.8) is 0 Å². The average Bonchev–Trinajstić information content (AvgIpc) is 2.73. The van der Waals surface area contributed by atoms with Crippen LogP contribution in [0, 0.1) is 29.6 Å². The molecular weight excluding hydrogens is 382 g/mol. The predicted octanol–water partition coefficient (Wildman–Crippen LogP) is 5.99. The van der Waals surface area contributed by atoms with Gasteiger partial charge in [0.15, 0.2) is 0 Å². The summed E-state index contributed by atoms with van der Waals surface area (Å²) in [6, 6.07) is 22.0. The summed E-state index contributed by atoms with van der Waals surface area (Å²) in [5.41, 5.74) is 3.47. The van der Waals surface area contributed by atoms with Gasteiger partial charge in [0.05, 0.1) is 11.6 Å². The number of benzene rings is 3. The van der Waals surface area contributed by atoms with Gasteiger partial charge in [0, 0.05) is 22.3 Å². The second-order valence-electron chi connectivity index (χ2n) is 7.27. The average molecular weight is 398 g/mol. The zero-order chi connectivity index (χ0) is 20.1. The van der Waals surface area contributed by atoms with Crippen molar-refractivity contribution in [1.29, 1.82) is 10.7 Å². The molecule has 2 atom stereocenters. The van der Waals surface area contributed by atoms with Crippen LogP contribution < -0.4 is 4.74 Å². The fourth-order valence-electron chi connectivity index (χ4n) is 4.16. The fraction of sp³-hybridized carbons (Fsp3) is 0.125. The number of fused-ring (bicyclic) bond motifs is 4. The number of nitrogens with zero attached hydrogens (tertiary/aromatic N) is 2. The summed E-state index contributed by atoms with van der Waals surface area (Å²) in [6.07, 6.45) is 0. The Kier molecular flexibility index (Phi) is 4.01. The Labute approximate surface area is 172 Å². The molecule has 0 fully saturated rings. The zero-order valence-electron chi connectivity index (χ0n) is 15.6. The number of nitrogens with one attached hydrogen (secondary N) is 1. The normalized spacial score (nSPS) is 18.3. The summed E-state index contributed by atoms with van der Waals surface area (Å²) in [5.74, 6) is -0.650. The number of para-hydroxylation sites is 1. The SMILES string of the molecule is Cc1cccc2cc(C3c4ccc5ccccc5c4OC(=N)C3C#N)c(Cl)nc12. The Morgan fingerprint density at radius 2 is 1.83 bits per heavy atom. The first-order valence-corrected chi connectivity index (χ1v) is 9.69. The second-order valence-corrected chi connectivity index (χ2v) is 7.63. The van der Waals surface area contributed by atoms with Crippen LogP contribution in [0.15, 0.2) is 60.7 Å². The lowest BCUT2D eigenvalue weighted by Gasteiger charge is -2.31. The largest absolute Gasteiger partial charge is 0.441 e. The minimum Gasteiger partial charge on any atom is -0.441 e. The molecule has 0 spiro atoms. The number of aromatic nitrogens is 1. The second kappa shape index (κ2) is 6.58. The fourth-order valence-corrected chi connectivity index (χ4v) is 4.42. The van der Waals surface area contributed by atoms with Gasteiger partial charge in [0.25, 0.3) is 0 Å². The molecule has 3 aromatic carbocycles. The van der Waals surface area contributed by atoms with Crippen molar-refractivity contribution >= 4 is 39.2 Å². The minimum absolute atomic E-state index is 0.0678. The van der Waals surface area contributed by atoms with Gasteiger partial charge in [0.1, 0.15) is 16.8 Å². The molecule has 1 N–H and O–H groups in total. The maximum Gasteiger partial charge on any atom is 0.205 e. The highest BCUT2D eigenvalue weighted by Crippen LogP contribution is 2.47. The quantitative estimate of drug-likeness (QED) is 0.401. The first-order chi connectivity index (χ1) is 14.1. The van der Waals surface area contributed by atoms with Crippen LogP contribution in [0.4, 0.5) is 0 Å². The van der Waals surface area contributed by atoms with Crippen molar-refractivity contribution < 1.29 is 4.74 Å². The van der Waals surface area contributed by atoms with Gasteiger partial charge in [-0.15, -0.1) is 0 Å². The summed E-state index contributed by atoms with van der Waals surface area (Å²) in [5, 5.41) is 21.5. The van der Waals surface area contributed by atoms with Crippen LogP contribution in [0.2, 0.25) is 5.15 Å². The third kappa shape index (κ3) is 2.66. The van der Waals surface area contributed by atoms with E-state index in [9.17, 15) is 5.26 Å². The van der Waals surface area contributed by atoms with Crippen LogP contribution >= 0.6 is 11.6 Å². The van der Waals surface area contributed by atoms with Crippen molar-refractivity contribution in [3.8, 4) is 11.8 Å². The standard InChI is InChI=1S/C24H16ClN3O/c1-13-5-4-7-15-11-18(23(25)28-21(13)15)20-17-10-9-14-6-2-3-8-16(14)22(17)29-24(27)19(20)12-26/h2-11,19-20,27H,1H3. The van der Waals surface area contributed by atoms with Crippen LogP contribution in [-0.2, 0) is 0 Å². The van der Waals surface area contributed by atoms with E-state index in [1.807, 2.05) is 67.6 Å². The Morgan fingerprint density at radius 1 is 1.03 bits per heavy atom. The van der Waals surface area contributed by atoms with Crippen LogP contribution in [-0.4, -0.2) is 10.9 Å². The molecule has 29 heavy (non-hydrogen) atoms. The van der Waals surface area contributed by atoms with Crippen LogP contribution in [0.25, 0.3) is 21.7 Å². The molecule has 0 saturated heterocycles. The van der Waals surface area contributed by atoms with E-state index < -0.39 is 11.8 Å². The van der Waals surface area contributed by atoms with Gasteiger partial charge < -0.3 is 4.74 Å². The van der Waals surface area contributed by atoms with Gasteiger partial charge in [0.2, 0.25) is 5.90 Å². The first-order valence-electron chi connectivity index (χ1n) is 9.32. The number of hydrogen-bond acceptors (Lipinski definition) is 4. The maximum absolute atomic E-state index is 9.85. The predicted molar refractivity (Wildman–Crippen MR) is 115 cm³/mol. The Bertz CT molecular complexity index is 1360. The summed E-state index contributed by atoms with van der Waals surface area (Å²) >= 11 is 6.63. The zero-order valence-corrected chi connectivity index (χ0v) is 16.4. The molecule has 1 aromatic heterocycles. The maximum atomic E-state index is 9.85. The van der Waals surface area contributed by atoms with E-state index in [2.05, 4.69) is 11.1 Å². The van der Waals surface area contributed by atoms with E-state index in [-0.39, 0.29) is 5.90 Å². The lowest BCUT2D eigenvalue weighted by atomic mass is 9.78. The molecule has 4 aromatic rings. The molecule has 0 amide bonds. The smallest absolute Gasteiger partial charge is 0.205 e. The lowest BCUT2D eigenvalue weighted by molar-refractivity contribution is 0.455. The number of ether oxygens (including phenoxy) is 1. The Morgan fingerprint density at radius 3 is 2.66 bits per heavy atom. The Balaban J connectivity index is 1.81. The van der Waals surface area contributed by atoms with E-state index in [0.29, 0.717) is 10.9 Å². The molecule has 0 aliphatic carbocycles. The monoisotopic (exact) mass is 397 g/mol. The molecule has 1 aliphatic heterocycles. The minimum atomic E-state index is -0.773. The van der Waals surface area contributed by atoms with E-state index in [1.165, 1.54) is 0 Å². The van der Waals surface area contributed by atoms with Crippen molar-refractivity contribution in [2.45, 2.75) is 12.8 Å². The van der Waals surface area contributed by atoms with Gasteiger partial charge in [-0.05, 0) is 29.5 Å². The van der Waals surface area contributed by atoms with Gasteiger partial charge in [-0.1, -0.05) is 66.2 Å². The summed E-state index contributed by atoms with van der Waals surface area (Å²) in [6.45, 7) is 2.00. The number of pyridine rings is 1. The first kappa shape index (κ1) is 17.7. The van der Waals surface area contributed by atoms with E-state index in [1.54, 1.807) is 0 Å². The van der Waals surface area contributed by atoms with Crippen LogP contribution in [0.1, 0.15) is 22.6 Å². The van der Waals surface area contributed by atoms with Crippen molar-refractivity contribution in [2.75, 3.05) is 0 Å². The van der Waals surface area contributed by atoms with Gasteiger partial charge in [-0.25, -0.2) is 4.98 Å². The summed E-state index contributed by atoms with van der Waals surface area (Å²) < 4.78 is 5.84. The van der Waals surface area contributed by atoms with Gasteiger partial charge in [-0.3, -0.25) is 5.41 Å². The molecular formula is C24H16ClN3O. The molecule has 0 radical (unpaired) electrons. The van der Waals surface area contributed by atoms with E-state index in [0.717, 1.165) is 38.4 Å². The third-order valence-corrected chi connectivity index (χ3v) is 5.88. The van der Waals surface area contributed by atoms with Crippen LogP contribution in [0.5, 0.6) is 5.75 Å². The van der Waals surface area contributed by atoms with Crippen LogP contribution in [0.3, 0.4) is 0 Å². The van der Waals surface area contributed by atoms with E-state index in [4.69, 9.17) is 21.7 Å². The number of halogens is 1. The number of hydrogen-bond donors (Lipinski definition) is 1. The highest BCUT2D eigenvalue weighted by Gasteiger charge is 2.39. The molecule has 4 nitrogen and oxygen atoms in total. The number of aryl methyl sites for hydroxylation is 1. The summed E-state index contributed by atoms with van der Waals surface area (Å²) in [7, 11) is 0. The van der Waals surface area contributed by atoms with Crippen molar-refractivity contribution in [2.24, 2.45) is 5.92 Å². The highest BCUT2D eigenvalue weighted by atomic mass is 35.5. The topological polar surface area (TPSA) is 69.8 Å². The highest BCUT2D eigenvalue weighted by molar-refractivity contribution is 6.30.